The Morgan fingerprint density at radius 3 is 2.35 bits per heavy atom. The molecule has 0 bridgehead atoms. The van der Waals surface area contributed by atoms with Crippen LogP contribution in [0.15, 0.2) is 78.9 Å². The van der Waals surface area contributed by atoms with Gasteiger partial charge in [-0.1, -0.05) is 72.3 Å². The Morgan fingerprint density at radius 2 is 1.62 bits per heavy atom. The molecule has 0 saturated heterocycles. The zero-order valence-electron chi connectivity index (χ0n) is 14.4. The van der Waals surface area contributed by atoms with Gasteiger partial charge in [-0.2, -0.15) is 0 Å². The summed E-state index contributed by atoms with van der Waals surface area (Å²) >= 11 is 6.14. The third-order valence-electron chi connectivity index (χ3n) is 4.10. The molecule has 0 saturated carbocycles. The van der Waals surface area contributed by atoms with E-state index in [1.807, 2.05) is 78.9 Å². The molecular formula is C22H22ClNO2. The van der Waals surface area contributed by atoms with Crippen LogP contribution in [0.4, 0.5) is 0 Å². The van der Waals surface area contributed by atoms with E-state index in [0.717, 1.165) is 22.4 Å². The Morgan fingerprint density at radius 1 is 0.923 bits per heavy atom. The molecule has 2 N–H and O–H groups in total. The Labute approximate surface area is 159 Å². The fourth-order valence-corrected chi connectivity index (χ4v) is 2.89. The van der Waals surface area contributed by atoms with Crippen LogP contribution in [0.5, 0.6) is 5.75 Å². The first kappa shape index (κ1) is 18.5. The summed E-state index contributed by atoms with van der Waals surface area (Å²) in [6.45, 7) is 1.52. The van der Waals surface area contributed by atoms with Gasteiger partial charge in [-0.3, -0.25) is 0 Å². The molecule has 1 atom stereocenters. The summed E-state index contributed by atoms with van der Waals surface area (Å²) in [6, 6.07) is 25.3. The molecular weight excluding hydrogens is 346 g/mol. The number of benzene rings is 3. The zero-order valence-corrected chi connectivity index (χ0v) is 15.2. The molecule has 3 aromatic carbocycles. The third kappa shape index (κ3) is 5.33. The van der Waals surface area contributed by atoms with E-state index < -0.39 is 6.10 Å². The SMILES string of the molecule is O[C@@H](CNCc1cc(Cl)ccc1OCc1ccccc1)c1ccccc1. The number of aliphatic hydroxyl groups is 1. The van der Waals surface area contributed by atoms with Gasteiger partial charge in [-0.25, -0.2) is 0 Å². The van der Waals surface area contributed by atoms with E-state index in [1.165, 1.54) is 0 Å². The average molecular weight is 368 g/mol. The van der Waals surface area contributed by atoms with Crippen molar-refractivity contribution in [3.8, 4) is 5.75 Å². The first-order valence-electron chi connectivity index (χ1n) is 8.61. The highest BCUT2D eigenvalue weighted by molar-refractivity contribution is 6.30. The van der Waals surface area contributed by atoms with Crippen LogP contribution in [-0.2, 0) is 13.2 Å². The van der Waals surface area contributed by atoms with Crippen LogP contribution in [0.1, 0.15) is 22.8 Å². The van der Waals surface area contributed by atoms with E-state index in [1.54, 1.807) is 0 Å². The Bertz CT molecular complexity index is 809. The molecule has 0 unspecified atom stereocenters. The van der Waals surface area contributed by atoms with Crippen molar-refractivity contribution in [1.29, 1.82) is 0 Å². The van der Waals surface area contributed by atoms with Crippen molar-refractivity contribution in [3.63, 3.8) is 0 Å². The average Bonchev–Trinajstić information content (AvgIpc) is 2.69. The van der Waals surface area contributed by atoms with Gasteiger partial charge in [0.1, 0.15) is 12.4 Å². The molecule has 3 nitrogen and oxygen atoms in total. The fraction of sp³-hybridized carbons (Fsp3) is 0.182. The number of halogens is 1. The molecule has 0 spiro atoms. The molecule has 0 aromatic heterocycles. The van der Waals surface area contributed by atoms with Gasteiger partial charge in [0.25, 0.3) is 0 Å². The smallest absolute Gasteiger partial charge is 0.124 e. The van der Waals surface area contributed by atoms with Crippen molar-refractivity contribution in [1.82, 2.24) is 5.32 Å². The second-order valence-corrected chi connectivity index (χ2v) is 6.52. The maximum atomic E-state index is 10.3. The summed E-state index contributed by atoms with van der Waals surface area (Å²) in [6.07, 6.45) is -0.552. The van der Waals surface area contributed by atoms with E-state index in [2.05, 4.69) is 5.32 Å². The minimum atomic E-state index is -0.552. The molecule has 4 heteroatoms. The van der Waals surface area contributed by atoms with E-state index in [9.17, 15) is 5.11 Å². The second kappa shape index (κ2) is 9.39. The monoisotopic (exact) mass is 367 g/mol. The highest BCUT2D eigenvalue weighted by atomic mass is 35.5. The standard InChI is InChI=1S/C22H22ClNO2/c23-20-11-12-22(26-16-17-7-3-1-4-8-17)19(13-20)14-24-15-21(25)18-9-5-2-6-10-18/h1-13,21,24-25H,14-16H2/t21-/m0/s1. The van der Waals surface area contributed by atoms with Crippen LogP contribution in [-0.4, -0.2) is 11.7 Å². The number of rotatable bonds is 8. The molecule has 0 aliphatic heterocycles. The van der Waals surface area contributed by atoms with E-state index in [4.69, 9.17) is 16.3 Å². The fourth-order valence-electron chi connectivity index (χ4n) is 2.70. The van der Waals surface area contributed by atoms with Gasteiger partial charge in [0.2, 0.25) is 0 Å². The largest absolute Gasteiger partial charge is 0.489 e. The quantitative estimate of drug-likeness (QED) is 0.604. The molecule has 3 rings (SSSR count). The van der Waals surface area contributed by atoms with Gasteiger partial charge in [-0.15, -0.1) is 0 Å². The normalized spacial score (nSPS) is 11.9. The van der Waals surface area contributed by atoms with Crippen molar-refractivity contribution >= 4 is 11.6 Å². The summed E-state index contributed by atoms with van der Waals surface area (Å²) in [7, 11) is 0. The number of hydrogen-bond donors (Lipinski definition) is 2. The molecule has 26 heavy (non-hydrogen) atoms. The maximum Gasteiger partial charge on any atom is 0.124 e. The third-order valence-corrected chi connectivity index (χ3v) is 4.33. The summed E-state index contributed by atoms with van der Waals surface area (Å²) in [5, 5.41) is 14.2. The lowest BCUT2D eigenvalue weighted by molar-refractivity contribution is 0.174. The molecule has 0 aliphatic rings. The van der Waals surface area contributed by atoms with Crippen molar-refractivity contribution in [2.24, 2.45) is 0 Å². The van der Waals surface area contributed by atoms with Gasteiger partial charge in [-0.05, 0) is 29.3 Å². The number of ether oxygens (including phenoxy) is 1. The first-order chi connectivity index (χ1) is 12.7. The van der Waals surface area contributed by atoms with Gasteiger partial charge < -0.3 is 15.2 Å². The number of nitrogens with one attached hydrogen (secondary N) is 1. The minimum absolute atomic E-state index is 0.453. The summed E-state index contributed by atoms with van der Waals surface area (Å²) in [5.41, 5.74) is 2.97. The molecule has 3 aromatic rings. The summed E-state index contributed by atoms with van der Waals surface area (Å²) in [5.74, 6) is 0.792. The Hall–Kier alpha value is -2.33. The van der Waals surface area contributed by atoms with Crippen LogP contribution < -0.4 is 10.1 Å². The molecule has 0 amide bonds. The summed E-state index contributed by atoms with van der Waals surface area (Å²) in [4.78, 5) is 0. The van der Waals surface area contributed by atoms with E-state index >= 15 is 0 Å². The molecule has 134 valence electrons. The minimum Gasteiger partial charge on any atom is -0.489 e. The second-order valence-electron chi connectivity index (χ2n) is 6.08. The van der Waals surface area contributed by atoms with Crippen LogP contribution in [0.2, 0.25) is 5.02 Å². The van der Waals surface area contributed by atoms with Crippen molar-refractivity contribution in [2.45, 2.75) is 19.3 Å². The van der Waals surface area contributed by atoms with Crippen LogP contribution in [0.25, 0.3) is 0 Å². The number of aliphatic hydroxyl groups excluding tert-OH is 1. The lowest BCUT2D eigenvalue weighted by Gasteiger charge is -2.15. The maximum absolute atomic E-state index is 10.3. The first-order valence-corrected chi connectivity index (χ1v) is 8.99. The molecule has 0 fully saturated rings. The Kier molecular flexibility index (Phi) is 6.67. The summed E-state index contributed by atoms with van der Waals surface area (Å²) < 4.78 is 5.96. The van der Waals surface area contributed by atoms with Crippen molar-refractivity contribution < 1.29 is 9.84 Å². The van der Waals surface area contributed by atoms with Gasteiger partial charge in [0.05, 0.1) is 6.10 Å². The molecule has 0 radical (unpaired) electrons. The van der Waals surface area contributed by atoms with Gasteiger partial charge in [0, 0.05) is 23.7 Å². The van der Waals surface area contributed by atoms with Crippen LogP contribution in [0, 0.1) is 0 Å². The van der Waals surface area contributed by atoms with Gasteiger partial charge in [0.15, 0.2) is 0 Å². The highest BCUT2D eigenvalue weighted by Crippen LogP contribution is 2.24. The Balaban J connectivity index is 1.59. The van der Waals surface area contributed by atoms with E-state index in [0.29, 0.717) is 24.7 Å². The zero-order chi connectivity index (χ0) is 18.2. The highest BCUT2D eigenvalue weighted by Gasteiger charge is 2.09. The number of hydrogen-bond acceptors (Lipinski definition) is 3. The topological polar surface area (TPSA) is 41.5 Å². The molecule has 0 heterocycles. The van der Waals surface area contributed by atoms with Crippen molar-refractivity contribution in [3.05, 3.63) is 101 Å². The lowest BCUT2D eigenvalue weighted by Crippen LogP contribution is -2.21. The van der Waals surface area contributed by atoms with Crippen LogP contribution >= 0.6 is 11.6 Å². The van der Waals surface area contributed by atoms with Crippen molar-refractivity contribution in [2.75, 3.05) is 6.54 Å². The predicted octanol–water partition coefficient (Wildman–Crippen LogP) is 4.74. The van der Waals surface area contributed by atoms with E-state index in [-0.39, 0.29) is 0 Å². The van der Waals surface area contributed by atoms with Crippen LogP contribution in [0.3, 0.4) is 0 Å². The van der Waals surface area contributed by atoms with Gasteiger partial charge >= 0.3 is 0 Å². The predicted molar refractivity (Wildman–Crippen MR) is 105 cm³/mol. The lowest BCUT2D eigenvalue weighted by atomic mass is 10.1. The molecule has 0 aliphatic carbocycles.